The van der Waals surface area contributed by atoms with Crippen molar-refractivity contribution in [3.63, 3.8) is 0 Å². The molecule has 1 unspecified atom stereocenters. The Kier molecular flexibility index (Phi) is 2.83. The van der Waals surface area contributed by atoms with E-state index in [1.54, 1.807) is 6.07 Å². The van der Waals surface area contributed by atoms with E-state index in [4.69, 9.17) is 0 Å². The van der Waals surface area contributed by atoms with E-state index in [2.05, 4.69) is 10.2 Å². The minimum atomic E-state index is -0.278. The standard InChI is InChI=1S/C13H14FN3O/c14-11-5-1-3-9(7-11)12-15-16-13-10(8-18)4-2-6-17(12)13/h1,3,5,7,10,18H,2,4,6,8H2. The second-order valence-electron chi connectivity index (χ2n) is 4.57. The van der Waals surface area contributed by atoms with Crippen LogP contribution >= 0.6 is 0 Å². The summed E-state index contributed by atoms with van der Waals surface area (Å²) in [4.78, 5) is 0. The second kappa shape index (κ2) is 4.49. The first-order valence-corrected chi connectivity index (χ1v) is 6.09. The van der Waals surface area contributed by atoms with Crippen LogP contribution in [0.15, 0.2) is 24.3 Å². The highest BCUT2D eigenvalue weighted by atomic mass is 19.1. The lowest BCUT2D eigenvalue weighted by atomic mass is 10.00. The van der Waals surface area contributed by atoms with Crippen molar-refractivity contribution in [3.8, 4) is 11.4 Å². The molecule has 0 saturated carbocycles. The first-order valence-electron chi connectivity index (χ1n) is 6.09. The molecule has 18 heavy (non-hydrogen) atoms. The second-order valence-corrected chi connectivity index (χ2v) is 4.57. The van der Waals surface area contributed by atoms with Crippen LogP contribution in [0.5, 0.6) is 0 Å². The predicted octanol–water partition coefficient (Wildman–Crippen LogP) is 1.95. The summed E-state index contributed by atoms with van der Waals surface area (Å²) in [6.07, 6.45) is 1.91. The van der Waals surface area contributed by atoms with E-state index in [-0.39, 0.29) is 18.3 Å². The molecule has 1 aliphatic rings. The summed E-state index contributed by atoms with van der Waals surface area (Å²) >= 11 is 0. The minimum absolute atomic E-state index is 0.0496. The van der Waals surface area contributed by atoms with Gasteiger partial charge in [-0.15, -0.1) is 10.2 Å². The Morgan fingerprint density at radius 2 is 2.28 bits per heavy atom. The third kappa shape index (κ3) is 1.80. The van der Waals surface area contributed by atoms with Crippen molar-refractivity contribution in [2.75, 3.05) is 6.61 Å². The molecule has 0 radical (unpaired) electrons. The van der Waals surface area contributed by atoms with Crippen LogP contribution in [0.4, 0.5) is 4.39 Å². The summed E-state index contributed by atoms with van der Waals surface area (Å²) in [5.41, 5.74) is 0.729. The van der Waals surface area contributed by atoms with Gasteiger partial charge in [-0.05, 0) is 25.0 Å². The van der Waals surface area contributed by atoms with Crippen LogP contribution in [-0.2, 0) is 6.54 Å². The summed E-state index contributed by atoms with van der Waals surface area (Å²) in [6.45, 7) is 0.909. The largest absolute Gasteiger partial charge is 0.396 e. The van der Waals surface area contributed by atoms with Crippen molar-refractivity contribution < 1.29 is 9.50 Å². The van der Waals surface area contributed by atoms with Crippen LogP contribution < -0.4 is 0 Å². The van der Waals surface area contributed by atoms with Gasteiger partial charge < -0.3 is 9.67 Å². The molecule has 94 valence electrons. The Bertz CT molecular complexity index is 567. The Morgan fingerprint density at radius 3 is 3.06 bits per heavy atom. The van der Waals surface area contributed by atoms with Gasteiger partial charge in [0.25, 0.3) is 0 Å². The summed E-state index contributed by atoms with van der Waals surface area (Å²) in [6, 6.07) is 6.36. The van der Waals surface area contributed by atoms with Crippen LogP contribution in [0, 0.1) is 5.82 Å². The van der Waals surface area contributed by atoms with E-state index in [0.717, 1.165) is 30.8 Å². The summed E-state index contributed by atoms with van der Waals surface area (Å²) < 4.78 is 15.2. The summed E-state index contributed by atoms with van der Waals surface area (Å²) in [5.74, 6) is 1.26. The van der Waals surface area contributed by atoms with Gasteiger partial charge in [-0.25, -0.2) is 4.39 Å². The Labute approximate surface area is 104 Å². The van der Waals surface area contributed by atoms with Crippen molar-refractivity contribution in [1.82, 2.24) is 14.8 Å². The van der Waals surface area contributed by atoms with Gasteiger partial charge in [0.2, 0.25) is 0 Å². The van der Waals surface area contributed by atoms with Crippen LogP contribution in [0.1, 0.15) is 24.6 Å². The number of nitrogens with zero attached hydrogens (tertiary/aromatic N) is 3. The normalized spacial score (nSPS) is 18.7. The third-order valence-electron chi connectivity index (χ3n) is 3.38. The highest BCUT2D eigenvalue weighted by Gasteiger charge is 2.25. The van der Waals surface area contributed by atoms with Gasteiger partial charge in [0.15, 0.2) is 5.82 Å². The fraction of sp³-hybridized carbons (Fsp3) is 0.385. The van der Waals surface area contributed by atoms with Gasteiger partial charge in [-0.1, -0.05) is 12.1 Å². The molecule has 0 fully saturated rings. The third-order valence-corrected chi connectivity index (χ3v) is 3.38. The molecule has 2 aromatic rings. The molecule has 1 aromatic carbocycles. The smallest absolute Gasteiger partial charge is 0.164 e. The summed E-state index contributed by atoms with van der Waals surface area (Å²) in [5, 5.41) is 17.6. The average Bonchev–Trinajstić information content (AvgIpc) is 2.82. The van der Waals surface area contributed by atoms with Crippen LogP contribution in [-0.4, -0.2) is 26.5 Å². The fourth-order valence-corrected chi connectivity index (χ4v) is 2.48. The van der Waals surface area contributed by atoms with E-state index < -0.39 is 0 Å². The molecule has 4 nitrogen and oxygen atoms in total. The monoisotopic (exact) mass is 247 g/mol. The summed E-state index contributed by atoms with van der Waals surface area (Å²) in [7, 11) is 0. The topological polar surface area (TPSA) is 50.9 Å². The van der Waals surface area contributed by atoms with Crippen molar-refractivity contribution in [2.24, 2.45) is 0 Å². The molecule has 1 aliphatic heterocycles. The van der Waals surface area contributed by atoms with Gasteiger partial charge >= 0.3 is 0 Å². The van der Waals surface area contributed by atoms with E-state index >= 15 is 0 Å². The van der Waals surface area contributed by atoms with E-state index in [1.807, 2.05) is 10.6 Å². The maximum atomic E-state index is 13.2. The number of aliphatic hydroxyl groups is 1. The molecule has 0 spiro atoms. The minimum Gasteiger partial charge on any atom is -0.396 e. The number of benzene rings is 1. The first kappa shape index (κ1) is 11.3. The molecule has 1 N–H and O–H groups in total. The molecular formula is C13H14FN3O. The molecule has 0 bridgehead atoms. The highest BCUT2D eigenvalue weighted by molar-refractivity contribution is 5.55. The number of hydrogen-bond donors (Lipinski definition) is 1. The predicted molar refractivity (Wildman–Crippen MR) is 64.5 cm³/mol. The quantitative estimate of drug-likeness (QED) is 0.882. The molecule has 0 aliphatic carbocycles. The maximum absolute atomic E-state index is 13.2. The van der Waals surface area contributed by atoms with Gasteiger partial charge in [-0.2, -0.15) is 0 Å². The Balaban J connectivity index is 2.07. The van der Waals surface area contributed by atoms with Crippen molar-refractivity contribution in [2.45, 2.75) is 25.3 Å². The van der Waals surface area contributed by atoms with Gasteiger partial charge in [-0.3, -0.25) is 0 Å². The number of aromatic nitrogens is 3. The zero-order valence-electron chi connectivity index (χ0n) is 9.88. The van der Waals surface area contributed by atoms with Crippen molar-refractivity contribution in [3.05, 3.63) is 35.9 Å². The molecule has 3 rings (SSSR count). The average molecular weight is 247 g/mol. The highest BCUT2D eigenvalue weighted by Crippen LogP contribution is 2.29. The molecule has 0 amide bonds. The van der Waals surface area contributed by atoms with Crippen molar-refractivity contribution in [1.29, 1.82) is 0 Å². The molecule has 2 heterocycles. The number of hydrogen-bond acceptors (Lipinski definition) is 3. The lowest BCUT2D eigenvalue weighted by Gasteiger charge is -2.21. The zero-order valence-corrected chi connectivity index (χ0v) is 9.88. The van der Waals surface area contributed by atoms with E-state index in [1.165, 1.54) is 12.1 Å². The Morgan fingerprint density at radius 1 is 1.39 bits per heavy atom. The van der Waals surface area contributed by atoms with Crippen LogP contribution in [0.3, 0.4) is 0 Å². The number of rotatable bonds is 2. The number of halogens is 1. The van der Waals surface area contributed by atoms with E-state index in [9.17, 15) is 9.50 Å². The molecule has 5 heteroatoms. The van der Waals surface area contributed by atoms with Crippen LogP contribution in [0.2, 0.25) is 0 Å². The number of aliphatic hydroxyl groups excluding tert-OH is 1. The van der Waals surface area contributed by atoms with Crippen LogP contribution in [0.25, 0.3) is 11.4 Å². The zero-order chi connectivity index (χ0) is 12.5. The van der Waals surface area contributed by atoms with Gasteiger partial charge in [0.1, 0.15) is 11.6 Å². The van der Waals surface area contributed by atoms with Gasteiger partial charge in [0.05, 0.1) is 6.61 Å². The molecule has 1 aromatic heterocycles. The molecule has 1 atom stereocenters. The molecular weight excluding hydrogens is 233 g/mol. The lowest BCUT2D eigenvalue weighted by molar-refractivity contribution is 0.238. The van der Waals surface area contributed by atoms with E-state index in [0.29, 0.717) is 5.82 Å². The number of fused-ring (bicyclic) bond motifs is 1. The first-order chi connectivity index (χ1) is 8.79. The lowest BCUT2D eigenvalue weighted by Crippen LogP contribution is -2.19. The fourth-order valence-electron chi connectivity index (χ4n) is 2.48. The van der Waals surface area contributed by atoms with Crippen molar-refractivity contribution >= 4 is 0 Å². The SMILES string of the molecule is OCC1CCCn2c(-c3cccc(F)c3)nnc21. The Hall–Kier alpha value is -1.75. The maximum Gasteiger partial charge on any atom is 0.164 e. The van der Waals surface area contributed by atoms with Gasteiger partial charge in [0, 0.05) is 18.0 Å². The molecule has 0 saturated heterocycles.